The molecule has 0 aromatic carbocycles. The Morgan fingerprint density at radius 2 is 2.33 bits per heavy atom. The van der Waals surface area contributed by atoms with Crippen LogP contribution in [0, 0.1) is 5.92 Å². The number of hydrogen-bond donors (Lipinski definition) is 0. The second-order valence-corrected chi connectivity index (χ2v) is 3.47. The summed E-state index contributed by atoms with van der Waals surface area (Å²) in [6.45, 7) is 6.11. The van der Waals surface area contributed by atoms with Crippen molar-refractivity contribution in [2.45, 2.75) is 39.5 Å². The third-order valence-corrected chi connectivity index (χ3v) is 2.27. The fraction of sp³-hybridized carbons (Fsp3) is 0.900. The zero-order chi connectivity index (χ0) is 8.81. The summed E-state index contributed by atoms with van der Waals surface area (Å²) in [6.07, 6.45) is 5.16. The molecule has 0 aliphatic carbocycles. The molecule has 1 atom stereocenters. The van der Waals surface area contributed by atoms with Gasteiger partial charge in [0.1, 0.15) is 6.61 Å². The molecule has 1 rings (SSSR count). The summed E-state index contributed by atoms with van der Waals surface area (Å²) in [4.78, 5) is 4.31. The van der Waals surface area contributed by atoms with Crippen molar-refractivity contribution in [1.29, 1.82) is 0 Å². The van der Waals surface area contributed by atoms with Crippen molar-refractivity contribution in [3.8, 4) is 0 Å². The molecule has 70 valence electrons. The third-order valence-electron chi connectivity index (χ3n) is 2.27. The second-order valence-electron chi connectivity index (χ2n) is 3.47. The molecule has 0 saturated carbocycles. The van der Waals surface area contributed by atoms with Crippen LogP contribution in [0.15, 0.2) is 4.99 Å². The highest BCUT2D eigenvalue weighted by molar-refractivity contribution is 5.79. The Hall–Kier alpha value is -0.530. The zero-order valence-corrected chi connectivity index (χ0v) is 8.18. The SMILES string of the molecule is CCCCCC(C)C1=NCCO1. The van der Waals surface area contributed by atoms with Gasteiger partial charge in [-0.15, -0.1) is 0 Å². The predicted octanol–water partition coefficient (Wildman–Crippen LogP) is 2.63. The molecule has 2 nitrogen and oxygen atoms in total. The Morgan fingerprint density at radius 3 is 2.92 bits per heavy atom. The van der Waals surface area contributed by atoms with Crippen LogP contribution in [0.25, 0.3) is 0 Å². The van der Waals surface area contributed by atoms with E-state index in [0.717, 1.165) is 19.0 Å². The van der Waals surface area contributed by atoms with Gasteiger partial charge in [-0.1, -0.05) is 33.1 Å². The van der Waals surface area contributed by atoms with Gasteiger partial charge in [0.05, 0.1) is 6.54 Å². The highest BCUT2D eigenvalue weighted by Gasteiger charge is 2.14. The molecule has 0 aromatic rings. The van der Waals surface area contributed by atoms with Gasteiger partial charge >= 0.3 is 0 Å². The fourth-order valence-corrected chi connectivity index (χ4v) is 1.47. The minimum Gasteiger partial charge on any atom is -0.479 e. The Morgan fingerprint density at radius 1 is 1.50 bits per heavy atom. The van der Waals surface area contributed by atoms with Gasteiger partial charge in [-0.25, -0.2) is 0 Å². The first-order chi connectivity index (χ1) is 5.84. The normalized spacial score (nSPS) is 18.7. The molecule has 0 bridgehead atoms. The predicted molar refractivity (Wildman–Crippen MR) is 51.6 cm³/mol. The van der Waals surface area contributed by atoms with Gasteiger partial charge < -0.3 is 4.74 Å². The lowest BCUT2D eigenvalue weighted by molar-refractivity contribution is 0.320. The van der Waals surface area contributed by atoms with E-state index >= 15 is 0 Å². The van der Waals surface area contributed by atoms with E-state index in [9.17, 15) is 0 Å². The molecule has 0 saturated heterocycles. The molecule has 0 radical (unpaired) electrons. The minimum atomic E-state index is 0.541. The first kappa shape index (κ1) is 9.56. The van der Waals surface area contributed by atoms with Crippen LogP contribution in [0.1, 0.15) is 39.5 Å². The maximum atomic E-state index is 5.40. The van der Waals surface area contributed by atoms with Gasteiger partial charge in [0.15, 0.2) is 5.90 Å². The standard InChI is InChI=1S/C10H19NO/c1-3-4-5-6-9(2)10-11-7-8-12-10/h9H,3-8H2,1-2H3. The average Bonchev–Trinajstić information content (AvgIpc) is 2.56. The van der Waals surface area contributed by atoms with E-state index in [1.807, 2.05) is 0 Å². The molecule has 0 aromatic heterocycles. The van der Waals surface area contributed by atoms with E-state index in [1.54, 1.807) is 0 Å². The van der Waals surface area contributed by atoms with Crippen molar-refractivity contribution in [2.75, 3.05) is 13.2 Å². The summed E-state index contributed by atoms with van der Waals surface area (Å²) in [6, 6.07) is 0. The summed E-state index contributed by atoms with van der Waals surface area (Å²) in [5, 5.41) is 0. The van der Waals surface area contributed by atoms with Crippen LogP contribution < -0.4 is 0 Å². The summed E-state index contributed by atoms with van der Waals surface area (Å²) in [5.74, 6) is 1.53. The Bertz CT molecular complexity index is 154. The Balaban J connectivity index is 2.14. The van der Waals surface area contributed by atoms with E-state index in [4.69, 9.17) is 4.74 Å². The highest BCUT2D eigenvalue weighted by atomic mass is 16.5. The van der Waals surface area contributed by atoms with E-state index in [0.29, 0.717) is 5.92 Å². The monoisotopic (exact) mass is 169 g/mol. The molecular weight excluding hydrogens is 150 g/mol. The number of nitrogens with zero attached hydrogens (tertiary/aromatic N) is 1. The van der Waals surface area contributed by atoms with Crippen LogP contribution in [0.5, 0.6) is 0 Å². The Kier molecular flexibility index (Phi) is 4.12. The van der Waals surface area contributed by atoms with Gasteiger partial charge in [-0.3, -0.25) is 4.99 Å². The molecule has 0 spiro atoms. The smallest absolute Gasteiger partial charge is 0.186 e. The minimum absolute atomic E-state index is 0.541. The van der Waals surface area contributed by atoms with Crippen LogP contribution in [0.4, 0.5) is 0 Å². The summed E-state index contributed by atoms with van der Waals surface area (Å²) in [5.41, 5.74) is 0. The van der Waals surface area contributed by atoms with Crippen molar-refractivity contribution in [1.82, 2.24) is 0 Å². The first-order valence-electron chi connectivity index (χ1n) is 5.01. The molecule has 1 heterocycles. The van der Waals surface area contributed by atoms with Crippen molar-refractivity contribution in [3.63, 3.8) is 0 Å². The molecule has 2 heteroatoms. The summed E-state index contributed by atoms with van der Waals surface area (Å²) in [7, 11) is 0. The van der Waals surface area contributed by atoms with E-state index in [-0.39, 0.29) is 0 Å². The highest BCUT2D eigenvalue weighted by Crippen LogP contribution is 2.14. The van der Waals surface area contributed by atoms with Gasteiger partial charge in [0.2, 0.25) is 0 Å². The van der Waals surface area contributed by atoms with Gasteiger partial charge in [0, 0.05) is 5.92 Å². The molecule has 1 unspecified atom stereocenters. The van der Waals surface area contributed by atoms with Crippen LogP contribution in [-0.4, -0.2) is 19.0 Å². The van der Waals surface area contributed by atoms with Gasteiger partial charge in [-0.2, -0.15) is 0 Å². The maximum Gasteiger partial charge on any atom is 0.186 e. The van der Waals surface area contributed by atoms with Crippen LogP contribution in [-0.2, 0) is 4.74 Å². The summed E-state index contributed by atoms with van der Waals surface area (Å²) < 4.78 is 5.40. The third kappa shape index (κ3) is 2.84. The second kappa shape index (κ2) is 5.18. The lowest BCUT2D eigenvalue weighted by Gasteiger charge is -2.09. The van der Waals surface area contributed by atoms with Crippen LogP contribution in [0.2, 0.25) is 0 Å². The van der Waals surface area contributed by atoms with E-state index in [2.05, 4.69) is 18.8 Å². The van der Waals surface area contributed by atoms with Crippen molar-refractivity contribution in [3.05, 3.63) is 0 Å². The molecule has 1 aliphatic rings. The maximum absolute atomic E-state index is 5.40. The molecule has 0 amide bonds. The number of ether oxygens (including phenoxy) is 1. The average molecular weight is 169 g/mol. The number of hydrogen-bond acceptors (Lipinski definition) is 2. The number of rotatable bonds is 5. The molecule has 0 fully saturated rings. The number of unbranched alkanes of at least 4 members (excludes halogenated alkanes) is 2. The van der Waals surface area contributed by atoms with Crippen molar-refractivity contribution >= 4 is 5.90 Å². The Labute approximate surface area is 75.0 Å². The molecule has 1 aliphatic heterocycles. The quantitative estimate of drug-likeness (QED) is 0.580. The topological polar surface area (TPSA) is 21.6 Å². The zero-order valence-electron chi connectivity index (χ0n) is 8.18. The van der Waals surface area contributed by atoms with E-state index in [1.165, 1.54) is 25.7 Å². The lowest BCUT2D eigenvalue weighted by atomic mass is 10.0. The van der Waals surface area contributed by atoms with Crippen LogP contribution >= 0.6 is 0 Å². The molecular formula is C10H19NO. The van der Waals surface area contributed by atoms with Crippen LogP contribution in [0.3, 0.4) is 0 Å². The largest absolute Gasteiger partial charge is 0.479 e. The van der Waals surface area contributed by atoms with Crippen molar-refractivity contribution in [2.24, 2.45) is 10.9 Å². The molecule has 12 heavy (non-hydrogen) atoms. The lowest BCUT2D eigenvalue weighted by Crippen LogP contribution is -2.11. The van der Waals surface area contributed by atoms with E-state index < -0.39 is 0 Å². The number of aliphatic imine (C=N–C) groups is 1. The van der Waals surface area contributed by atoms with Crippen molar-refractivity contribution < 1.29 is 4.74 Å². The summed E-state index contributed by atoms with van der Waals surface area (Å²) >= 11 is 0. The first-order valence-corrected chi connectivity index (χ1v) is 5.01. The molecule has 0 N–H and O–H groups in total. The fourth-order valence-electron chi connectivity index (χ4n) is 1.47. The van der Waals surface area contributed by atoms with Gasteiger partial charge in [0.25, 0.3) is 0 Å². The van der Waals surface area contributed by atoms with Gasteiger partial charge in [-0.05, 0) is 6.42 Å².